The van der Waals surface area contributed by atoms with Crippen LogP contribution in [0.3, 0.4) is 0 Å². The van der Waals surface area contributed by atoms with Crippen molar-refractivity contribution in [1.29, 1.82) is 0 Å². The first-order valence-corrected chi connectivity index (χ1v) is 7.07. The highest BCUT2D eigenvalue weighted by Crippen LogP contribution is 2.50. The number of rotatable bonds is 1. The number of nitrogens with zero attached hydrogens (tertiary/aromatic N) is 2. The Hall–Kier alpha value is -2.10. The molecule has 4 nitrogen and oxygen atoms in total. The van der Waals surface area contributed by atoms with Gasteiger partial charge in [0.2, 0.25) is 5.89 Å². The highest BCUT2D eigenvalue weighted by molar-refractivity contribution is 5.97. The Kier molecular flexibility index (Phi) is 2.31. The number of aromatic nitrogens is 1. The van der Waals surface area contributed by atoms with Gasteiger partial charge in [0.25, 0.3) is 5.91 Å². The molecule has 0 radical (unpaired) electrons. The third kappa shape index (κ3) is 1.36. The number of oxazole rings is 1. The van der Waals surface area contributed by atoms with E-state index in [-0.39, 0.29) is 11.4 Å². The first-order valence-electron chi connectivity index (χ1n) is 7.07. The van der Waals surface area contributed by atoms with Crippen molar-refractivity contribution in [3.05, 3.63) is 41.8 Å². The third-order valence-corrected chi connectivity index (χ3v) is 4.65. The minimum absolute atomic E-state index is 0.00664. The first kappa shape index (κ1) is 11.7. The zero-order chi connectivity index (χ0) is 13.7. The number of hydrogen-bond donors (Lipinski definition) is 0. The average Bonchev–Trinajstić information content (AvgIpc) is 3.17. The van der Waals surface area contributed by atoms with Crippen LogP contribution < -0.4 is 0 Å². The molecule has 0 atom stereocenters. The molecule has 1 spiro atoms. The van der Waals surface area contributed by atoms with Gasteiger partial charge in [-0.2, -0.15) is 0 Å². The normalized spacial score (nSPS) is 19.9. The van der Waals surface area contributed by atoms with E-state index < -0.39 is 0 Å². The summed E-state index contributed by atoms with van der Waals surface area (Å²) in [5.41, 5.74) is 1.19. The summed E-state index contributed by atoms with van der Waals surface area (Å²) < 4.78 is 6.02. The van der Waals surface area contributed by atoms with E-state index in [0.29, 0.717) is 11.6 Å². The predicted molar refractivity (Wildman–Crippen MR) is 74.2 cm³/mol. The Labute approximate surface area is 117 Å². The number of hydrogen-bond acceptors (Lipinski definition) is 3. The van der Waals surface area contributed by atoms with Gasteiger partial charge in [-0.25, -0.2) is 4.98 Å². The molecule has 1 saturated carbocycles. The number of carbonyl (C=O) groups excluding carboxylic acids is 1. The fourth-order valence-corrected chi connectivity index (χ4v) is 3.51. The molecule has 4 rings (SSSR count). The lowest BCUT2D eigenvalue weighted by Gasteiger charge is -2.30. The van der Waals surface area contributed by atoms with Crippen molar-refractivity contribution in [2.24, 2.45) is 0 Å². The molecular formula is C16H16N2O2. The van der Waals surface area contributed by atoms with Gasteiger partial charge in [0.05, 0.1) is 0 Å². The molecule has 1 aromatic carbocycles. The van der Waals surface area contributed by atoms with E-state index in [0.717, 1.165) is 37.0 Å². The van der Waals surface area contributed by atoms with Crippen LogP contribution in [0.15, 0.2) is 34.7 Å². The van der Waals surface area contributed by atoms with Crippen LogP contribution in [0.4, 0.5) is 0 Å². The molecule has 2 aromatic rings. The second-order valence-electron chi connectivity index (χ2n) is 5.67. The minimum Gasteiger partial charge on any atom is -0.438 e. The van der Waals surface area contributed by atoms with Crippen LogP contribution >= 0.6 is 0 Å². The van der Waals surface area contributed by atoms with Crippen molar-refractivity contribution in [2.75, 3.05) is 7.05 Å². The zero-order valence-electron chi connectivity index (χ0n) is 11.4. The van der Waals surface area contributed by atoms with Gasteiger partial charge in [0, 0.05) is 12.6 Å². The molecule has 0 N–H and O–H groups in total. The predicted octanol–water partition coefficient (Wildman–Crippen LogP) is 3.20. The lowest BCUT2D eigenvalue weighted by Crippen LogP contribution is -2.38. The lowest BCUT2D eigenvalue weighted by atomic mass is 9.95. The van der Waals surface area contributed by atoms with Crippen molar-refractivity contribution in [3.8, 4) is 11.5 Å². The standard InChI is InChI=1S/C16H16N2O2/c1-18-15(19)12-13(16(18)9-5-6-10-16)20-14(17-12)11-7-3-2-4-8-11/h2-4,7-8H,5-6,9-10H2,1H3. The highest BCUT2D eigenvalue weighted by Gasteiger charge is 2.53. The lowest BCUT2D eigenvalue weighted by molar-refractivity contribution is 0.0603. The summed E-state index contributed by atoms with van der Waals surface area (Å²) in [6, 6.07) is 9.76. The Morgan fingerprint density at radius 1 is 1.20 bits per heavy atom. The van der Waals surface area contributed by atoms with Crippen molar-refractivity contribution < 1.29 is 9.21 Å². The van der Waals surface area contributed by atoms with Gasteiger partial charge in [-0.05, 0) is 25.0 Å². The van der Waals surface area contributed by atoms with Crippen LogP contribution in [-0.4, -0.2) is 22.8 Å². The fourth-order valence-electron chi connectivity index (χ4n) is 3.51. The second kappa shape index (κ2) is 3.95. The summed E-state index contributed by atoms with van der Waals surface area (Å²) in [5, 5.41) is 0. The number of amides is 1. The van der Waals surface area contributed by atoms with Crippen molar-refractivity contribution in [2.45, 2.75) is 31.2 Å². The Bertz CT molecular complexity index is 669. The van der Waals surface area contributed by atoms with Crippen LogP contribution in [0, 0.1) is 0 Å². The van der Waals surface area contributed by atoms with Crippen LogP contribution in [0.2, 0.25) is 0 Å². The van der Waals surface area contributed by atoms with Gasteiger partial charge in [-0.3, -0.25) is 4.79 Å². The van der Waals surface area contributed by atoms with Gasteiger partial charge in [0.1, 0.15) is 5.54 Å². The SMILES string of the molecule is CN1C(=O)c2nc(-c3ccccc3)oc2C12CCCC2. The number of fused-ring (bicyclic) bond motifs is 2. The monoisotopic (exact) mass is 268 g/mol. The smallest absolute Gasteiger partial charge is 0.276 e. The number of carbonyl (C=O) groups is 1. The molecule has 1 aromatic heterocycles. The molecule has 0 saturated heterocycles. The molecule has 1 aliphatic carbocycles. The van der Waals surface area contributed by atoms with Crippen molar-refractivity contribution >= 4 is 5.91 Å². The quantitative estimate of drug-likeness (QED) is 0.798. The van der Waals surface area contributed by atoms with E-state index in [9.17, 15) is 4.79 Å². The van der Waals surface area contributed by atoms with E-state index in [2.05, 4.69) is 4.98 Å². The molecular weight excluding hydrogens is 252 g/mol. The van der Waals surface area contributed by atoms with Gasteiger partial charge < -0.3 is 9.32 Å². The summed E-state index contributed by atoms with van der Waals surface area (Å²) in [4.78, 5) is 18.7. The maximum Gasteiger partial charge on any atom is 0.276 e. The van der Waals surface area contributed by atoms with Gasteiger partial charge >= 0.3 is 0 Å². The van der Waals surface area contributed by atoms with Gasteiger partial charge in [-0.1, -0.05) is 31.0 Å². The molecule has 1 fully saturated rings. The number of benzene rings is 1. The van der Waals surface area contributed by atoms with E-state index in [4.69, 9.17) is 4.42 Å². The molecule has 0 unspecified atom stereocenters. The maximum absolute atomic E-state index is 12.4. The largest absolute Gasteiger partial charge is 0.438 e. The van der Waals surface area contributed by atoms with Crippen LogP contribution in [0.25, 0.3) is 11.5 Å². The highest BCUT2D eigenvalue weighted by atomic mass is 16.4. The summed E-state index contributed by atoms with van der Waals surface area (Å²) in [6.45, 7) is 0. The fraction of sp³-hybridized carbons (Fsp3) is 0.375. The summed E-state index contributed by atoms with van der Waals surface area (Å²) in [6.07, 6.45) is 4.23. The van der Waals surface area contributed by atoms with Crippen LogP contribution in [0.5, 0.6) is 0 Å². The van der Waals surface area contributed by atoms with Gasteiger partial charge in [-0.15, -0.1) is 0 Å². The topological polar surface area (TPSA) is 46.3 Å². The summed E-state index contributed by atoms with van der Waals surface area (Å²) in [5.74, 6) is 1.33. The molecule has 2 aliphatic rings. The average molecular weight is 268 g/mol. The minimum atomic E-state index is -0.244. The van der Waals surface area contributed by atoms with E-state index in [1.54, 1.807) is 0 Å². The van der Waals surface area contributed by atoms with Crippen molar-refractivity contribution in [3.63, 3.8) is 0 Å². The van der Waals surface area contributed by atoms with Gasteiger partial charge in [0.15, 0.2) is 11.5 Å². The van der Waals surface area contributed by atoms with Crippen LogP contribution in [-0.2, 0) is 5.54 Å². The van der Waals surface area contributed by atoms with Crippen molar-refractivity contribution in [1.82, 2.24) is 9.88 Å². The molecule has 1 amide bonds. The Morgan fingerprint density at radius 2 is 1.90 bits per heavy atom. The summed E-state index contributed by atoms with van der Waals surface area (Å²) >= 11 is 0. The Morgan fingerprint density at radius 3 is 2.60 bits per heavy atom. The molecule has 0 bridgehead atoms. The zero-order valence-corrected chi connectivity index (χ0v) is 11.4. The maximum atomic E-state index is 12.4. The van der Waals surface area contributed by atoms with E-state index in [1.165, 1.54) is 0 Å². The molecule has 1 aliphatic heterocycles. The molecule has 102 valence electrons. The third-order valence-electron chi connectivity index (χ3n) is 4.65. The summed E-state index contributed by atoms with van der Waals surface area (Å²) in [7, 11) is 1.87. The first-order chi connectivity index (χ1) is 9.72. The van der Waals surface area contributed by atoms with Crippen LogP contribution in [0.1, 0.15) is 41.9 Å². The second-order valence-corrected chi connectivity index (χ2v) is 5.67. The van der Waals surface area contributed by atoms with E-state index in [1.807, 2.05) is 42.3 Å². The van der Waals surface area contributed by atoms with E-state index >= 15 is 0 Å². The molecule has 20 heavy (non-hydrogen) atoms. The molecule has 4 heteroatoms. The molecule has 2 heterocycles. The Balaban J connectivity index is 1.86.